The molecule has 3 rings (SSSR count). The monoisotopic (exact) mass is 553 g/mol. The molecule has 208 valence electrons. The first-order valence-corrected chi connectivity index (χ1v) is 14.5. The number of anilines is 1. The zero-order valence-electron chi connectivity index (χ0n) is 22.3. The summed E-state index contributed by atoms with van der Waals surface area (Å²) in [5.74, 6) is -0.400. The van der Waals surface area contributed by atoms with Crippen molar-refractivity contribution in [2.45, 2.75) is 32.8 Å². The molecule has 0 heterocycles. The first kappa shape index (κ1) is 29.7. The Balaban J connectivity index is 1.71. The lowest BCUT2D eigenvalue weighted by molar-refractivity contribution is 0.0971. The second-order valence-electron chi connectivity index (χ2n) is 10.0. The fraction of sp³-hybridized carbons (Fsp3) is 0.310. The molecule has 0 fully saturated rings. The number of carboxylic acid groups (broad SMARTS) is 1. The molecule has 0 radical (unpaired) electrons. The van der Waals surface area contributed by atoms with Crippen LogP contribution in [0.1, 0.15) is 47.0 Å². The third kappa shape index (κ3) is 8.83. The highest BCUT2D eigenvalue weighted by atomic mass is 32.2. The van der Waals surface area contributed by atoms with Crippen LogP contribution in [0.2, 0.25) is 0 Å². The summed E-state index contributed by atoms with van der Waals surface area (Å²) in [4.78, 5) is 25.5. The first-order chi connectivity index (χ1) is 18.3. The molecule has 3 aromatic carbocycles. The van der Waals surface area contributed by atoms with Crippen LogP contribution in [0.5, 0.6) is 0 Å². The van der Waals surface area contributed by atoms with Gasteiger partial charge in [-0.05, 0) is 64.8 Å². The summed E-state index contributed by atoms with van der Waals surface area (Å²) in [6.07, 6.45) is -0.0679. The van der Waals surface area contributed by atoms with Crippen molar-refractivity contribution < 1.29 is 28.2 Å². The summed E-state index contributed by atoms with van der Waals surface area (Å²) in [5, 5.41) is 20.1. The van der Waals surface area contributed by atoms with Gasteiger partial charge in [-0.3, -0.25) is 4.79 Å². The summed E-state index contributed by atoms with van der Waals surface area (Å²) >= 11 is 0. The van der Waals surface area contributed by atoms with E-state index in [2.05, 4.69) is 0 Å². The minimum atomic E-state index is -3.68. The third-order valence-electron chi connectivity index (χ3n) is 6.20. The van der Waals surface area contributed by atoms with E-state index >= 15 is 0 Å². The molecule has 0 aliphatic heterocycles. The summed E-state index contributed by atoms with van der Waals surface area (Å²) in [6, 6.07) is 19.7. The van der Waals surface area contributed by atoms with Crippen LogP contribution in [-0.4, -0.2) is 54.9 Å². The van der Waals surface area contributed by atoms with E-state index in [1.54, 1.807) is 36.4 Å². The number of hydrogen-bond acceptors (Lipinski definition) is 6. The Morgan fingerprint density at radius 2 is 1.59 bits per heavy atom. The number of nitrogens with two attached hydrogens (primary N) is 1. The number of rotatable bonds is 11. The number of carbonyl (C=O) groups is 2. The Hall–Kier alpha value is -3.89. The molecule has 0 bridgehead atoms. The maximum Gasteiger partial charge on any atom is 0.407 e. The van der Waals surface area contributed by atoms with Gasteiger partial charge in [0.05, 0.1) is 18.9 Å². The van der Waals surface area contributed by atoms with Gasteiger partial charge < -0.3 is 20.8 Å². The van der Waals surface area contributed by atoms with Crippen molar-refractivity contribution in [2.24, 2.45) is 5.92 Å². The molecule has 9 nitrogen and oxygen atoms in total. The fourth-order valence-electron chi connectivity index (χ4n) is 4.25. The van der Waals surface area contributed by atoms with Gasteiger partial charge in [0.15, 0.2) is 0 Å². The van der Waals surface area contributed by atoms with Crippen molar-refractivity contribution in [1.82, 2.24) is 9.62 Å². The number of sulfonamides is 1. The first-order valence-electron chi connectivity index (χ1n) is 12.6. The number of aliphatic hydroxyl groups excluding tert-OH is 1. The minimum absolute atomic E-state index is 0.0603. The molecule has 1 atom stereocenters. The predicted octanol–water partition coefficient (Wildman–Crippen LogP) is 4.08. The van der Waals surface area contributed by atoms with E-state index in [4.69, 9.17) is 5.73 Å². The van der Waals surface area contributed by atoms with Crippen LogP contribution in [0.3, 0.4) is 0 Å². The van der Waals surface area contributed by atoms with Crippen molar-refractivity contribution in [2.75, 3.05) is 25.1 Å². The van der Waals surface area contributed by atoms with E-state index in [1.807, 2.05) is 48.9 Å². The molecule has 5 N–H and O–H groups in total. The second-order valence-corrected chi connectivity index (χ2v) is 11.8. The quantitative estimate of drug-likeness (QED) is 0.261. The Labute approximate surface area is 229 Å². The van der Waals surface area contributed by atoms with Gasteiger partial charge in [-0.25, -0.2) is 17.9 Å². The van der Waals surface area contributed by atoms with Crippen LogP contribution in [0.4, 0.5) is 10.5 Å². The van der Waals surface area contributed by atoms with Gasteiger partial charge in [0.25, 0.3) is 5.91 Å². The Morgan fingerprint density at radius 1 is 0.974 bits per heavy atom. The summed E-state index contributed by atoms with van der Waals surface area (Å²) in [7, 11) is -3.68. The molecule has 0 unspecified atom stereocenters. The zero-order chi connectivity index (χ0) is 28.7. The molecule has 0 saturated heterocycles. The second kappa shape index (κ2) is 12.8. The van der Waals surface area contributed by atoms with E-state index in [1.165, 1.54) is 4.90 Å². The van der Waals surface area contributed by atoms with Crippen molar-refractivity contribution in [1.29, 1.82) is 0 Å². The molecule has 0 spiro atoms. The minimum Gasteiger partial charge on any atom is -0.465 e. The van der Waals surface area contributed by atoms with Crippen LogP contribution in [0.25, 0.3) is 11.1 Å². The number of benzene rings is 3. The average Bonchev–Trinajstić information content (AvgIpc) is 2.85. The van der Waals surface area contributed by atoms with Crippen LogP contribution in [0.15, 0.2) is 66.7 Å². The highest BCUT2D eigenvalue weighted by molar-refractivity contribution is 7.89. The lowest BCUT2D eigenvalue weighted by atomic mass is 9.93. The summed E-state index contributed by atoms with van der Waals surface area (Å²) in [6.45, 7) is 4.20. The van der Waals surface area contributed by atoms with Gasteiger partial charge in [0, 0.05) is 17.8 Å². The normalized spacial score (nSPS) is 12.2. The predicted molar refractivity (Wildman–Crippen MR) is 152 cm³/mol. The number of hydrogen-bond donors (Lipinski definition) is 4. The van der Waals surface area contributed by atoms with Crippen LogP contribution in [0, 0.1) is 5.92 Å². The molecule has 0 aromatic heterocycles. The summed E-state index contributed by atoms with van der Waals surface area (Å²) < 4.78 is 25.1. The van der Waals surface area contributed by atoms with Crippen molar-refractivity contribution in [3.8, 4) is 11.1 Å². The number of nitrogens with zero attached hydrogens (tertiary/aromatic N) is 1. The maximum atomic E-state index is 12.5. The van der Waals surface area contributed by atoms with Crippen molar-refractivity contribution in [3.05, 3.63) is 89.0 Å². The molecular formula is C29H35N3O6S. The highest BCUT2D eigenvalue weighted by Gasteiger charge is 2.19. The Morgan fingerprint density at radius 3 is 2.15 bits per heavy atom. The van der Waals surface area contributed by atoms with Gasteiger partial charge in [0.2, 0.25) is 10.0 Å². The van der Waals surface area contributed by atoms with Crippen molar-refractivity contribution >= 4 is 27.7 Å². The summed E-state index contributed by atoms with van der Waals surface area (Å²) in [5.41, 5.74) is 10.6. The molecule has 39 heavy (non-hydrogen) atoms. The Kier molecular flexibility index (Phi) is 9.71. The van der Waals surface area contributed by atoms with E-state index in [0.717, 1.165) is 28.5 Å². The highest BCUT2D eigenvalue weighted by Crippen LogP contribution is 2.25. The largest absolute Gasteiger partial charge is 0.465 e. The number of carbonyl (C=O) groups excluding carboxylic acids is 1. The Bertz CT molecular complexity index is 1400. The number of nitrogen functional groups attached to an aromatic ring is 1. The van der Waals surface area contributed by atoms with Crippen LogP contribution < -0.4 is 10.5 Å². The van der Waals surface area contributed by atoms with E-state index < -0.39 is 28.1 Å². The van der Waals surface area contributed by atoms with Gasteiger partial charge >= 0.3 is 6.09 Å². The topological polar surface area (TPSA) is 150 Å². The maximum absolute atomic E-state index is 12.5. The molecule has 0 saturated carbocycles. The van der Waals surface area contributed by atoms with Crippen LogP contribution >= 0.6 is 0 Å². The lowest BCUT2D eigenvalue weighted by Gasteiger charge is -2.23. The average molecular weight is 554 g/mol. The third-order valence-corrected chi connectivity index (χ3v) is 6.76. The molecule has 2 amide bonds. The fourth-order valence-corrected chi connectivity index (χ4v) is 4.70. The van der Waals surface area contributed by atoms with Gasteiger partial charge in [0.1, 0.15) is 0 Å². The van der Waals surface area contributed by atoms with Gasteiger partial charge in [-0.15, -0.1) is 0 Å². The van der Waals surface area contributed by atoms with Crippen LogP contribution in [-0.2, 0) is 22.9 Å². The van der Waals surface area contributed by atoms with Gasteiger partial charge in [-0.1, -0.05) is 62.4 Å². The molecule has 0 aliphatic carbocycles. The smallest absolute Gasteiger partial charge is 0.407 e. The SMILES string of the molecule is CC(C)Cc1cc(-c2ccc(CCN(C[C@@H](O)c3ccc(N)cc3)C(=O)O)cc2)ccc1C(=O)NS(C)(=O)=O. The molecular weight excluding hydrogens is 518 g/mol. The van der Waals surface area contributed by atoms with Gasteiger partial charge in [-0.2, -0.15) is 0 Å². The number of aliphatic hydroxyl groups is 1. The molecule has 3 aromatic rings. The lowest BCUT2D eigenvalue weighted by Crippen LogP contribution is -2.35. The van der Waals surface area contributed by atoms with Crippen molar-refractivity contribution in [3.63, 3.8) is 0 Å². The molecule has 10 heteroatoms. The number of amides is 2. The van der Waals surface area contributed by atoms with E-state index in [9.17, 15) is 28.2 Å². The number of nitrogens with one attached hydrogen (secondary N) is 1. The zero-order valence-corrected chi connectivity index (χ0v) is 23.1. The van der Waals surface area contributed by atoms with E-state index in [0.29, 0.717) is 29.7 Å². The van der Waals surface area contributed by atoms with E-state index in [-0.39, 0.29) is 19.0 Å². The standard InChI is InChI=1S/C29H35N3O6S/c1-19(2)16-24-17-23(10-13-26(24)28(34)31-39(3,37)38)21-6-4-20(5-7-21)14-15-32(29(35)36)18-27(33)22-8-11-25(30)12-9-22/h4-13,17,19,27,33H,14-16,18,30H2,1-3H3,(H,31,34)(H,35,36)/t27-/m1/s1. The molecule has 0 aliphatic rings.